The molecule has 9 heteroatoms. The summed E-state index contributed by atoms with van der Waals surface area (Å²) >= 11 is 0. The monoisotopic (exact) mass is 507 g/mol. The van der Waals surface area contributed by atoms with Gasteiger partial charge in [-0.1, -0.05) is 13.3 Å². The van der Waals surface area contributed by atoms with Crippen LogP contribution in [0.15, 0.2) is 23.0 Å². The van der Waals surface area contributed by atoms with Gasteiger partial charge in [0, 0.05) is 31.7 Å². The Morgan fingerprint density at radius 3 is 2.73 bits per heavy atom. The lowest BCUT2D eigenvalue weighted by atomic mass is 9.76. The Balaban J connectivity index is 1.45. The molecule has 1 aliphatic carbocycles. The van der Waals surface area contributed by atoms with Crippen molar-refractivity contribution in [1.82, 2.24) is 19.7 Å². The third-order valence-electron chi connectivity index (χ3n) is 8.27. The number of nitrogens with zero attached hydrogens (tertiary/aromatic N) is 4. The largest absolute Gasteiger partial charge is 0.493 e. The zero-order valence-electron chi connectivity index (χ0n) is 22.0. The smallest absolute Gasteiger partial charge is 0.277 e. The van der Waals surface area contributed by atoms with Crippen LogP contribution in [0.3, 0.4) is 0 Å². The summed E-state index contributed by atoms with van der Waals surface area (Å²) < 4.78 is 7.55. The number of aromatic nitrogens is 4. The quantitative estimate of drug-likeness (QED) is 0.479. The molecule has 1 saturated heterocycles. The van der Waals surface area contributed by atoms with Crippen LogP contribution < -0.4 is 15.2 Å². The van der Waals surface area contributed by atoms with E-state index >= 15 is 0 Å². The summed E-state index contributed by atoms with van der Waals surface area (Å²) in [5, 5.41) is 13.8. The van der Waals surface area contributed by atoms with Crippen LogP contribution in [-0.4, -0.2) is 56.9 Å². The summed E-state index contributed by atoms with van der Waals surface area (Å²) in [5.74, 6) is 1.17. The Morgan fingerprint density at radius 2 is 2.03 bits per heavy atom. The van der Waals surface area contributed by atoms with Crippen molar-refractivity contribution in [3.8, 4) is 17.1 Å². The molecule has 1 aromatic carbocycles. The first kappa shape index (κ1) is 25.4. The number of anilines is 1. The second-order valence-corrected chi connectivity index (χ2v) is 10.6. The number of H-pyrrole nitrogens is 1. The van der Waals surface area contributed by atoms with Gasteiger partial charge in [-0.05, 0) is 69.1 Å². The van der Waals surface area contributed by atoms with Gasteiger partial charge in [0.1, 0.15) is 23.7 Å². The van der Waals surface area contributed by atoms with Gasteiger partial charge in [-0.25, -0.2) is 4.98 Å². The van der Waals surface area contributed by atoms with Crippen molar-refractivity contribution in [2.24, 2.45) is 18.4 Å². The summed E-state index contributed by atoms with van der Waals surface area (Å²) in [6, 6.07) is 6.10. The second kappa shape index (κ2) is 10.3. The van der Waals surface area contributed by atoms with Gasteiger partial charge in [0.25, 0.3) is 5.56 Å². The van der Waals surface area contributed by atoms with Crippen LogP contribution in [0, 0.1) is 11.3 Å². The van der Waals surface area contributed by atoms with E-state index in [1.165, 1.54) is 0 Å². The molecular formula is C28H37N5O4. The molecule has 1 spiro atoms. The third kappa shape index (κ3) is 4.77. The number of aromatic amines is 1. The minimum Gasteiger partial charge on any atom is -0.493 e. The van der Waals surface area contributed by atoms with Crippen LogP contribution in [0.4, 0.5) is 5.69 Å². The topological polar surface area (TPSA) is 113 Å². The van der Waals surface area contributed by atoms with Crippen LogP contribution in [0.25, 0.3) is 22.4 Å². The third-order valence-corrected chi connectivity index (χ3v) is 8.27. The lowest BCUT2D eigenvalue weighted by molar-refractivity contribution is -0.125. The predicted molar refractivity (Wildman–Crippen MR) is 143 cm³/mol. The average Bonchev–Trinajstić information content (AvgIpc) is 3.46. The average molecular weight is 508 g/mol. The molecule has 1 aliphatic heterocycles. The number of ketones is 1. The highest BCUT2D eigenvalue weighted by Gasteiger charge is 2.43. The number of aryl methyl sites for hydroxylation is 2. The maximum Gasteiger partial charge on any atom is 0.277 e. The molecule has 2 N–H and O–H groups in total. The van der Waals surface area contributed by atoms with Crippen molar-refractivity contribution in [1.29, 1.82) is 0 Å². The number of hydrogen-bond acceptors (Lipinski definition) is 7. The highest BCUT2D eigenvalue weighted by molar-refractivity contribution is 5.82. The Morgan fingerprint density at radius 1 is 1.24 bits per heavy atom. The van der Waals surface area contributed by atoms with E-state index < -0.39 is 0 Å². The van der Waals surface area contributed by atoms with E-state index in [-0.39, 0.29) is 29.3 Å². The van der Waals surface area contributed by atoms with E-state index in [2.05, 4.69) is 34.0 Å². The first-order chi connectivity index (χ1) is 17.9. The number of Topliss-reactive ketones (excluding diaryl/α,β-unsaturated/α-hetero) is 1. The van der Waals surface area contributed by atoms with E-state index in [9.17, 15) is 14.7 Å². The summed E-state index contributed by atoms with van der Waals surface area (Å²) in [4.78, 5) is 35.3. The van der Waals surface area contributed by atoms with Gasteiger partial charge in [0.15, 0.2) is 11.3 Å². The Labute approximate surface area is 216 Å². The number of carbonyl (C=O) groups is 1. The van der Waals surface area contributed by atoms with Crippen molar-refractivity contribution < 1.29 is 14.6 Å². The summed E-state index contributed by atoms with van der Waals surface area (Å²) in [6.07, 6.45) is 6.58. The Bertz CT molecular complexity index is 1350. The molecule has 1 saturated carbocycles. The van der Waals surface area contributed by atoms with E-state index in [0.29, 0.717) is 29.2 Å². The highest BCUT2D eigenvalue weighted by atomic mass is 16.5. The standard InChI is InChI=1S/C28H37N5O4/c1-4-6-21-24-25(32(3)31-21)27(36)30-26(29-24)20-15-19(7-8-23(20)37-5-2)33-13-11-28(12-14-33)10-9-18(16-28)22(35)17-34/h7-8,15,18,34H,4-6,9-14,16-17H2,1-3H3,(H,29,30,36). The molecule has 9 nitrogen and oxygen atoms in total. The van der Waals surface area contributed by atoms with E-state index in [0.717, 1.165) is 75.0 Å². The van der Waals surface area contributed by atoms with Gasteiger partial charge in [-0.3, -0.25) is 14.3 Å². The van der Waals surface area contributed by atoms with Crippen LogP contribution in [0.1, 0.15) is 58.1 Å². The number of piperidine rings is 1. The van der Waals surface area contributed by atoms with Crippen LogP contribution in [0.2, 0.25) is 0 Å². The van der Waals surface area contributed by atoms with Gasteiger partial charge < -0.3 is 19.7 Å². The molecule has 5 rings (SSSR count). The molecule has 198 valence electrons. The number of carbonyl (C=O) groups excluding carboxylic acids is 1. The molecule has 2 fully saturated rings. The fourth-order valence-electron chi connectivity index (χ4n) is 6.27. The van der Waals surface area contributed by atoms with Crippen molar-refractivity contribution in [3.05, 3.63) is 34.2 Å². The fraction of sp³-hybridized carbons (Fsp3) is 0.571. The van der Waals surface area contributed by atoms with E-state index in [1.54, 1.807) is 11.7 Å². The molecule has 0 amide bonds. The van der Waals surface area contributed by atoms with Gasteiger partial charge in [0.05, 0.1) is 17.9 Å². The molecule has 2 aromatic heterocycles. The van der Waals surface area contributed by atoms with Crippen LogP contribution in [0.5, 0.6) is 5.75 Å². The Kier molecular flexibility index (Phi) is 7.07. The predicted octanol–water partition coefficient (Wildman–Crippen LogP) is 3.62. The van der Waals surface area contributed by atoms with Gasteiger partial charge in [-0.15, -0.1) is 0 Å². The maximum atomic E-state index is 13.1. The lowest BCUT2D eigenvalue weighted by Gasteiger charge is -2.41. The van der Waals surface area contributed by atoms with Crippen molar-refractivity contribution >= 4 is 22.5 Å². The van der Waals surface area contributed by atoms with Crippen LogP contribution >= 0.6 is 0 Å². The van der Waals surface area contributed by atoms with Gasteiger partial charge in [0.2, 0.25) is 0 Å². The van der Waals surface area contributed by atoms with Crippen molar-refractivity contribution in [2.75, 3.05) is 31.2 Å². The second-order valence-electron chi connectivity index (χ2n) is 10.6. The first-order valence-corrected chi connectivity index (χ1v) is 13.5. The lowest BCUT2D eigenvalue weighted by Crippen LogP contribution is -2.39. The zero-order chi connectivity index (χ0) is 26.2. The number of fused-ring (bicyclic) bond motifs is 1. The molecule has 3 heterocycles. The van der Waals surface area contributed by atoms with E-state index in [4.69, 9.17) is 9.72 Å². The number of nitrogens with one attached hydrogen (secondary N) is 1. The summed E-state index contributed by atoms with van der Waals surface area (Å²) in [6.45, 7) is 6.00. The maximum absolute atomic E-state index is 13.1. The Hall–Kier alpha value is -3.20. The number of hydrogen-bond donors (Lipinski definition) is 2. The molecule has 37 heavy (non-hydrogen) atoms. The highest BCUT2D eigenvalue weighted by Crippen LogP contribution is 2.49. The van der Waals surface area contributed by atoms with E-state index in [1.807, 2.05) is 13.0 Å². The molecule has 1 unspecified atom stereocenters. The number of rotatable bonds is 8. The number of aliphatic hydroxyl groups excluding tert-OH is 1. The minimum absolute atomic E-state index is 0.00960. The fourth-order valence-corrected chi connectivity index (χ4v) is 6.27. The first-order valence-electron chi connectivity index (χ1n) is 13.5. The minimum atomic E-state index is -0.345. The number of benzene rings is 1. The molecule has 0 bridgehead atoms. The molecule has 0 radical (unpaired) electrons. The van der Waals surface area contributed by atoms with Gasteiger partial charge >= 0.3 is 0 Å². The SMILES string of the molecule is CCCc1nn(C)c2c(=O)[nH]c(-c3cc(N4CCC5(CCC(C(=O)CO)C5)CC4)ccc3OCC)nc12. The number of ether oxygens (including phenoxy) is 1. The van der Waals surface area contributed by atoms with Crippen molar-refractivity contribution in [3.63, 3.8) is 0 Å². The number of aliphatic hydroxyl groups is 1. The molecule has 1 atom stereocenters. The molecule has 2 aliphatic rings. The van der Waals surface area contributed by atoms with Crippen molar-refractivity contribution in [2.45, 2.75) is 58.8 Å². The molecule has 3 aromatic rings. The van der Waals surface area contributed by atoms with Crippen LogP contribution in [-0.2, 0) is 18.3 Å². The zero-order valence-corrected chi connectivity index (χ0v) is 22.0. The summed E-state index contributed by atoms with van der Waals surface area (Å²) in [7, 11) is 1.78. The molecular weight excluding hydrogens is 470 g/mol. The summed E-state index contributed by atoms with van der Waals surface area (Å²) in [5.41, 5.74) is 3.78. The van der Waals surface area contributed by atoms with Gasteiger partial charge in [-0.2, -0.15) is 5.10 Å². The normalized spacial score (nSPS) is 19.1.